The Kier molecular flexibility index (Phi) is 7.60. The molecule has 0 saturated heterocycles. The van der Waals surface area contributed by atoms with Gasteiger partial charge in [0.1, 0.15) is 11.9 Å². The first-order valence-electron chi connectivity index (χ1n) is 8.53. The maximum Gasteiger partial charge on any atom is 0.245 e. The summed E-state index contributed by atoms with van der Waals surface area (Å²) in [6.07, 6.45) is 0. The second-order valence-electron chi connectivity index (χ2n) is 6.11. The number of benzene rings is 2. The van der Waals surface area contributed by atoms with Gasteiger partial charge in [-0.2, -0.15) is 0 Å². The molecule has 0 bridgehead atoms. The van der Waals surface area contributed by atoms with Crippen LogP contribution in [0.5, 0.6) is 0 Å². The van der Waals surface area contributed by atoms with Crippen LogP contribution in [0.1, 0.15) is 23.6 Å². The van der Waals surface area contributed by atoms with E-state index in [-0.39, 0.29) is 18.3 Å². The Labute approximate surface area is 159 Å². The molecule has 0 aliphatic carbocycles. The number of amides is 1. The molecule has 0 aliphatic heterocycles. The summed E-state index contributed by atoms with van der Waals surface area (Å²) in [4.78, 5) is 12.2. The minimum absolute atomic E-state index is 0.158. The second-order valence-corrected chi connectivity index (χ2v) is 6.11. The Bertz CT molecular complexity index is 851. The van der Waals surface area contributed by atoms with E-state index in [0.717, 1.165) is 11.1 Å². The van der Waals surface area contributed by atoms with E-state index in [0.29, 0.717) is 17.8 Å². The highest BCUT2D eigenvalue weighted by Gasteiger charge is 2.17. The summed E-state index contributed by atoms with van der Waals surface area (Å²) in [6, 6.07) is 13.2. The van der Waals surface area contributed by atoms with Crippen LogP contribution in [-0.2, 0) is 16.1 Å². The zero-order chi connectivity index (χ0) is 19.6. The highest BCUT2D eigenvalue weighted by Crippen LogP contribution is 2.05. The molecule has 0 fully saturated rings. The predicted octanol–water partition coefficient (Wildman–Crippen LogP) is 2.98. The molecule has 0 spiro atoms. The average molecular weight is 366 g/mol. The molecule has 0 radical (unpaired) electrons. The number of allylic oxidation sites excluding steroid dienone is 1. The summed E-state index contributed by atoms with van der Waals surface area (Å²) in [5.74, 6) is 5.46. The zero-order valence-electron chi connectivity index (χ0n) is 15.5. The van der Waals surface area contributed by atoms with Crippen LogP contribution < -0.4 is 10.6 Å². The normalized spacial score (nSPS) is 11.1. The van der Waals surface area contributed by atoms with Crippen molar-refractivity contribution in [3.05, 3.63) is 83.3 Å². The van der Waals surface area contributed by atoms with Gasteiger partial charge in [0.25, 0.3) is 0 Å². The third kappa shape index (κ3) is 6.96. The Morgan fingerprint density at radius 1 is 1.19 bits per heavy atom. The van der Waals surface area contributed by atoms with Gasteiger partial charge in [-0.05, 0) is 42.8 Å². The smallest absolute Gasteiger partial charge is 0.245 e. The molecule has 2 N–H and O–H groups in total. The summed E-state index contributed by atoms with van der Waals surface area (Å²) >= 11 is 0. The number of halogens is 1. The van der Waals surface area contributed by atoms with E-state index in [1.165, 1.54) is 12.1 Å². The van der Waals surface area contributed by atoms with E-state index in [1.54, 1.807) is 26.2 Å². The number of carbonyl (C=O) groups excluding carboxylic acids is 1. The van der Waals surface area contributed by atoms with Gasteiger partial charge in [0.15, 0.2) is 0 Å². The summed E-state index contributed by atoms with van der Waals surface area (Å²) in [5, 5.41) is 5.86. The van der Waals surface area contributed by atoms with Gasteiger partial charge in [-0.25, -0.2) is 4.39 Å². The quantitative estimate of drug-likeness (QED) is 0.741. The molecule has 0 saturated carbocycles. The molecule has 1 amide bonds. The molecule has 0 heterocycles. The molecular formula is C22H23FN2O2. The van der Waals surface area contributed by atoms with Gasteiger partial charge in [-0.3, -0.25) is 4.79 Å². The molecule has 0 unspecified atom stereocenters. The Hall–Kier alpha value is -3.10. The number of ether oxygens (including phenoxy) is 1. The number of methoxy groups -OCH3 is 1. The van der Waals surface area contributed by atoms with Crippen LogP contribution in [0.2, 0.25) is 0 Å². The Morgan fingerprint density at radius 3 is 2.52 bits per heavy atom. The van der Waals surface area contributed by atoms with Gasteiger partial charge < -0.3 is 15.4 Å². The van der Waals surface area contributed by atoms with Crippen LogP contribution >= 0.6 is 0 Å². The second kappa shape index (κ2) is 10.1. The lowest BCUT2D eigenvalue weighted by Crippen LogP contribution is -2.45. The summed E-state index contributed by atoms with van der Waals surface area (Å²) in [6.45, 7) is 6.20. The maximum absolute atomic E-state index is 13.2. The first-order chi connectivity index (χ1) is 13.0. The van der Waals surface area contributed by atoms with E-state index < -0.39 is 6.04 Å². The van der Waals surface area contributed by atoms with Gasteiger partial charge in [0, 0.05) is 30.5 Å². The number of rotatable bonds is 7. The lowest BCUT2D eigenvalue weighted by molar-refractivity contribution is -0.124. The van der Waals surface area contributed by atoms with E-state index in [9.17, 15) is 9.18 Å². The maximum atomic E-state index is 13.2. The molecule has 2 aromatic rings. The van der Waals surface area contributed by atoms with E-state index in [2.05, 4.69) is 29.1 Å². The van der Waals surface area contributed by atoms with Gasteiger partial charge in [0.2, 0.25) is 5.91 Å². The van der Waals surface area contributed by atoms with Crippen molar-refractivity contribution in [2.24, 2.45) is 0 Å². The molecule has 2 aromatic carbocycles. The first-order valence-corrected chi connectivity index (χ1v) is 8.53. The van der Waals surface area contributed by atoms with E-state index in [1.807, 2.05) is 24.3 Å². The van der Waals surface area contributed by atoms with Crippen LogP contribution in [-0.4, -0.2) is 25.7 Å². The van der Waals surface area contributed by atoms with Crippen molar-refractivity contribution >= 4 is 5.91 Å². The first kappa shape index (κ1) is 20.2. The molecule has 140 valence electrons. The van der Waals surface area contributed by atoms with Crippen LogP contribution in [0.15, 0.2) is 60.8 Å². The third-order valence-corrected chi connectivity index (χ3v) is 3.67. The highest BCUT2D eigenvalue weighted by atomic mass is 19.1. The minimum Gasteiger partial charge on any atom is -0.382 e. The fraction of sp³-hybridized carbons (Fsp3) is 0.227. The molecule has 0 aliphatic rings. The topological polar surface area (TPSA) is 50.4 Å². The van der Waals surface area contributed by atoms with Crippen LogP contribution in [0, 0.1) is 17.7 Å². The standard InChI is InChI=1S/C22H23FN2O2/c1-16(2)25-21(15-27-3)22(26)24-14-19-11-8-17(9-12-19)7-10-18-5-4-6-20(23)13-18/h4-6,8-9,11-13,21,25H,1,14-15H2,2-3H3,(H,24,26)/t21-/m1/s1. The van der Waals surface area contributed by atoms with Gasteiger partial charge in [0.05, 0.1) is 6.61 Å². The largest absolute Gasteiger partial charge is 0.382 e. The molecule has 0 aromatic heterocycles. The molecule has 5 heteroatoms. The van der Waals surface area contributed by atoms with Crippen molar-refractivity contribution in [1.82, 2.24) is 10.6 Å². The van der Waals surface area contributed by atoms with Crippen LogP contribution in [0.25, 0.3) is 0 Å². The molecule has 1 atom stereocenters. The van der Waals surface area contributed by atoms with E-state index >= 15 is 0 Å². The molecule has 4 nitrogen and oxygen atoms in total. The predicted molar refractivity (Wildman–Crippen MR) is 104 cm³/mol. The molecule has 2 rings (SSSR count). The fourth-order valence-electron chi connectivity index (χ4n) is 2.38. The monoisotopic (exact) mass is 366 g/mol. The Balaban J connectivity index is 1.93. The van der Waals surface area contributed by atoms with Crippen molar-refractivity contribution in [1.29, 1.82) is 0 Å². The SMILES string of the molecule is C=C(C)N[C@H](COC)C(=O)NCc1ccc(C#Cc2cccc(F)c2)cc1. The number of carbonyl (C=O) groups is 1. The fourth-order valence-corrected chi connectivity index (χ4v) is 2.38. The van der Waals surface area contributed by atoms with Crippen molar-refractivity contribution in [2.45, 2.75) is 19.5 Å². The van der Waals surface area contributed by atoms with Crippen molar-refractivity contribution in [3.8, 4) is 11.8 Å². The molecule has 27 heavy (non-hydrogen) atoms. The Morgan fingerprint density at radius 2 is 1.89 bits per heavy atom. The van der Waals surface area contributed by atoms with Crippen molar-refractivity contribution in [3.63, 3.8) is 0 Å². The number of hydrogen-bond acceptors (Lipinski definition) is 3. The summed E-state index contributed by atoms with van der Waals surface area (Å²) in [7, 11) is 1.55. The number of nitrogens with one attached hydrogen (secondary N) is 2. The van der Waals surface area contributed by atoms with Gasteiger partial charge in [-0.15, -0.1) is 0 Å². The van der Waals surface area contributed by atoms with Crippen LogP contribution in [0.4, 0.5) is 4.39 Å². The lowest BCUT2D eigenvalue weighted by Gasteiger charge is -2.18. The minimum atomic E-state index is -0.482. The molecular weight excluding hydrogens is 343 g/mol. The highest BCUT2D eigenvalue weighted by molar-refractivity contribution is 5.82. The van der Waals surface area contributed by atoms with Crippen molar-refractivity contribution in [2.75, 3.05) is 13.7 Å². The zero-order valence-corrected chi connectivity index (χ0v) is 15.5. The van der Waals surface area contributed by atoms with Gasteiger partial charge in [-0.1, -0.05) is 36.6 Å². The third-order valence-electron chi connectivity index (χ3n) is 3.67. The van der Waals surface area contributed by atoms with Gasteiger partial charge >= 0.3 is 0 Å². The van der Waals surface area contributed by atoms with E-state index in [4.69, 9.17) is 4.74 Å². The van der Waals surface area contributed by atoms with Crippen LogP contribution in [0.3, 0.4) is 0 Å². The van der Waals surface area contributed by atoms with Crippen molar-refractivity contribution < 1.29 is 13.9 Å². The lowest BCUT2D eigenvalue weighted by atomic mass is 10.1. The number of hydrogen-bond donors (Lipinski definition) is 2. The summed E-state index contributed by atoms with van der Waals surface area (Å²) in [5.41, 5.74) is 3.09. The average Bonchev–Trinajstić information content (AvgIpc) is 2.64. The summed E-state index contributed by atoms with van der Waals surface area (Å²) < 4.78 is 18.2.